The number of aliphatic hydroxyl groups is 1. The van der Waals surface area contributed by atoms with Crippen LogP contribution >= 0.6 is 0 Å². The molecule has 1 amide bonds. The highest BCUT2D eigenvalue weighted by Gasteiger charge is 2.79. The number of nitrogens with one attached hydrogen (secondary N) is 1. The molecule has 4 aliphatic rings. The van der Waals surface area contributed by atoms with Crippen molar-refractivity contribution < 1.29 is 71.3 Å². The van der Waals surface area contributed by atoms with Crippen molar-refractivity contribution in [1.82, 2.24) is 5.32 Å². The number of Topliss-reactive ketones (excluding diaryl/α,β-unsaturated/α-hetero) is 1. The third-order valence-corrected chi connectivity index (χ3v) is 28.3. The van der Waals surface area contributed by atoms with Crippen molar-refractivity contribution in [3.8, 4) is 0 Å². The number of nitro groups is 1. The number of ether oxygens (including phenoxy) is 5. The van der Waals surface area contributed by atoms with Crippen LogP contribution in [0, 0.1) is 26.9 Å². The molecule has 1 heterocycles. The van der Waals surface area contributed by atoms with Crippen molar-refractivity contribution in [2.24, 2.45) is 16.7 Å². The number of carbonyl (C=O) groups is 6. The van der Waals surface area contributed by atoms with E-state index < -0.39 is 145 Å². The van der Waals surface area contributed by atoms with E-state index in [1.807, 2.05) is 54.6 Å². The van der Waals surface area contributed by atoms with Crippen molar-refractivity contribution >= 4 is 57.9 Å². The molecule has 8 rings (SSSR count). The van der Waals surface area contributed by atoms with E-state index in [1.54, 1.807) is 107 Å². The molecule has 2 N–H and O–H groups in total. The number of rotatable bonds is 19. The minimum atomic E-state index is -3.03. The molecule has 2 saturated carbocycles. The minimum absolute atomic E-state index is 0.00916. The minimum Gasteiger partial charge on any atom is -0.456 e. The van der Waals surface area contributed by atoms with E-state index in [0.29, 0.717) is 29.3 Å². The van der Waals surface area contributed by atoms with Crippen molar-refractivity contribution in [2.75, 3.05) is 6.61 Å². The molecule has 4 aromatic rings. The van der Waals surface area contributed by atoms with Crippen LogP contribution in [-0.2, 0) is 46.9 Å². The highest BCUT2D eigenvalue weighted by molar-refractivity contribution is 6.74. The zero-order valence-electron chi connectivity index (χ0n) is 50.3. The Bertz CT molecular complexity index is 3170. The second kappa shape index (κ2) is 24.0. The first-order valence-electron chi connectivity index (χ1n) is 28.9. The molecular weight excluding hydrogens is 1110 g/mol. The average molecular weight is 1190 g/mol. The average Bonchev–Trinajstić information content (AvgIpc) is 0.680. The van der Waals surface area contributed by atoms with Crippen LogP contribution < -0.4 is 5.32 Å². The Morgan fingerprint density at radius 1 is 0.810 bits per heavy atom. The van der Waals surface area contributed by atoms with E-state index in [1.165, 1.54) is 37.3 Å². The number of nitrogens with zero attached hydrogens (tertiary/aromatic N) is 1. The molecule has 4 aromatic carbocycles. The molecule has 84 heavy (non-hydrogen) atoms. The fourth-order valence-electron chi connectivity index (χ4n) is 13.0. The van der Waals surface area contributed by atoms with Crippen LogP contribution in [0.4, 0.5) is 5.69 Å². The van der Waals surface area contributed by atoms with Gasteiger partial charge in [0.2, 0.25) is 0 Å². The summed E-state index contributed by atoms with van der Waals surface area (Å²) in [6.45, 7) is 23.3. The molecule has 0 aromatic heterocycles. The first kappa shape index (κ1) is 63.3. The van der Waals surface area contributed by atoms with E-state index in [0.717, 1.165) is 6.07 Å². The molecule has 1 saturated heterocycles. The molecule has 3 aliphatic carbocycles. The molecule has 11 atom stereocenters. The quantitative estimate of drug-likeness (QED) is 0.0221. The molecule has 0 radical (unpaired) electrons. The second-order valence-electron chi connectivity index (χ2n) is 25.1. The summed E-state index contributed by atoms with van der Waals surface area (Å²) in [6, 6.07) is 30.9. The van der Waals surface area contributed by atoms with E-state index in [-0.39, 0.29) is 35.3 Å². The highest BCUT2D eigenvalue weighted by atomic mass is 28.4. The van der Waals surface area contributed by atoms with Crippen molar-refractivity contribution in [3.63, 3.8) is 0 Å². The van der Waals surface area contributed by atoms with Crippen LogP contribution in [0.3, 0.4) is 0 Å². The first-order chi connectivity index (χ1) is 39.5. The molecule has 3 fully saturated rings. The predicted octanol–water partition coefficient (Wildman–Crippen LogP) is 11.0. The summed E-state index contributed by atoms with van der Waals surface area (Å²) in [5, 5.41) is 29.4. The molecule has 1 aliphatic heterocycles. The Balaban J connectivity index is 1.41. The summed E-state index contributed by atoms with van der Waals surface area (Å²) in [4.78, 5) is 103. The summed E-state index contributed by atoms with van der Waals surface area (Å²) in [5.74, 6) is -6.64. The lowest BCUT2D eigenvalue weighted by Crippen LogP contribution is -2.82. The normalized spacial score (nSPS) is 27.2. The summed E-state index contributed by atoms with van der Waals surface area (Å²) in [7, 11) is -5.81. The fraction of sp³-hybridized carbons (Fsp3) is 0.500. The number of carbonyl (C=O) groups excluding carboxylic acids is 6. The van der Waals surface area contributed by atoms with Crippen molar-refractivity contribution in [2.45, 2.75) is 179 Å². The van der Waals surface area contributed by atoms with Crippen LogP contribution in [0.15, 0.2) is 126 Å². The summed E-state index contributed by atoms with van der Waals surface area (Å²) >= 11 is 0. The van der Waals surface area contributed by atoms with Crippen LogP contribution in [0.1, 0.15) is 132 Å². The topological polar surface area (TPSA) is 242 Å². The Morgan fingerprint density at radius 2 is 1.37 bits per heavy atom. The first-order valence-corrected chi connectivity index (χ1v) is 34.4. The maximum absolute atomic E-state index is 17.1. The van der Waals surface area contributed by atoms with Crippen LogP contribution in [0.25, 0.3) is 0 Å². The largest absolute Gasteiger partial charge is 0.456 e. The van der Waals surface area contributed by atoms with Crippen LogP contribution in [0.2, 0.25) is 36.3 Å². The number of fused-ring (bicyclic) bond motifs is 5. The molecule has 0 unspecified atom stereocenters. The number of non-ortho nitro benzene ring substituents is 1. The standard InChI is InChI=1S/C64H80N2O16Si2/c1-14-84(15-2,16-3)81-47-36-48-63(38-76-48,80-40(5)67)53-55(79-57(70)43-31-24-19-25-32-43)64(73)37-46(39(4)49(61(64,9)10)51(54(68)62(47,53)11)78-58(71)44-33-26-34-45(35-44)66(74)75)77-59(72)52(82-83(12,13)60(6,7)8)50(41-27-20-17-21-28-41)65-56(69)42-29-22-18-23-30-42/h17-35,46-48,50-53,55,73H,14-16,36-38H2,1-13H3,(H,65,69)/t46-,47-,48+,50-,51+,52+,53-,55-,62+,63-,64+/m0/s1. The number of ketones is 1. The van der Waals surface area contributed by atoms with Gasteiger partial charge in [0, 0.05) is 42.9 Å². The second-order valence-corrected chi connectivity index (χ2v) is 34.6. The lowest BCUT2D eigenvalue weighted by atomic mass is 9.44. The summed E-state index contributed by atoms with van der Waals surface area (Å²) < 4.78 is 47.5. The summed E-state index contributed by atoms with van der Waals surface area (Å²) in [6.07, 6.45) is -9.57. The van der Waals surface area contributed by atoms with Gasteiger partial charge in [-0.1, -0.05) is 128 Å². The third-order valence-electron chi connectivity index (χ3n) is 19.2. The maximum Gasteiger partial charge on any atom is 0.339 e. The Hall–Kier alpha value is -6.69. The van der Waals surface area contributed by atoms with Gasteiger partial charge in [-0.3, -0.25) is 24.5 Å². The lowest BCUT2D eigenvalue weighted by Gasteiger charge is -2.68. The van der Waals surface area contributed by atoms with Gasteiger partial charge in [0.15, 0.2) is 40.2 Å². The molecule has 450 valence electrons. The third kappa shape index (κ3) is 11.5. The zero-order chi connectivity index (χ0) is 61.5. The van der Waals surface area contributed by atoms with Gasteiger partial charge in [0.25, 0.3) is 11.6 Å². The molecule has 2 bridgehead atoms. The Labute approximate surface area is 493 Å². The molecule has 20 heteroatoms. The van der Waals surface area contributed by atoms with Gasteiger partial charge in [0.1, 0.15) is 23.9 Å². The van der Waals surface area contributed by atoms with E-state index in [2.05, 4.69) is 5.32 Å². The van der Waals surface area contributed by atoms with E-state index >= 15 is 14.4 Å². The van der Waals surface area contributed by atoms with Crippen molar-refractivity contribution in [1.29, 1.82) is 0 Å². The fourth-order valence-corrected chi connectivity index (χ4v) is 17.2. The maximum atomic E-state index is 17.1. The number of nitro benzene ring substituents is 1. The molecular formula is C64H80N2O16Si2. The smallest absolute Gasteiger partial charge is 0.339 e. The highest BCUT2D eigenvalue weighted by Crippen LogP contribution is 2.65. The lowest BCUT2D eigenvalue weighted by molar-refractivity contribution is -0.384. The number of hydrogen-bond acceptors (Lipinski definition) is 16. The van der Waals surface area contributed by atoms with Crippen molar-refractivity contribution in [3.05, 3.63) is 159 Å². The van der Waals surface area contributed by atoms with Crippen LogP contribution in [0.5, 0.6) is 0 Å². The number of benzene rings is 4. The number of hydrogen-bond donors (Lipinski definition) is 2. The van der Waals surface area contributed by atoms with Gasteiger partial charge in [0.05, 0.1) is 46.1 Å². The van der Waals surface area contributed by atoms with Gasteiger partial charge in [-0.2, -0.15) is 0 Å². The van der Waals surface area contributed by atoms with Crippen LogP contribution in [-0.4, -0.2) is 117 Å². The van der Waals surface area contributed by atoms with Gasteiger partial charge in [-0.15, -0.1) is 0 Å². The monoisotopic (exact) mass is 1190 g/mol. The summed E-state index contributed by atoms with van der Waals surface area (Å²) in [5.41, 5.74) is -7.73. The SMILES string of the molecule is CC[Si](CC)(CC)O[C@H]1C[C@H]2OC[C@@]2(OC(C)=O)[C@H]2[C@H](OC(=O)c3ccccc3)[C@]3(O)C[C@H](OC(=O)[C@H](O[Si](C)(C)C(C)(C)C)[C@@H](NC(=O)c4ccccc4)c4ccccc4)C(C)=C([C@@H](OC(=O)c4cccc([N+](=O)[O-])c4)C(=O)[C@]12C)C3(C)C. The molecule has 18 nitrogen and oxygen atoms in total. The number of amides is 1. The number of esters is 4. The zero-order valence-corrected chi connectivity index (χ0v) is 52.3. The molecule has 0 spiro atoms. The van der Waals surface area contributed by atoms with E-state index in [9.17, 15) is 29.6 Å². The van der Waals surface area contributed by atoms with Gasteiger partial charge < -0.3 is 43.0 Å². The van der Waals surface area contributed by atoms with Gasteiger partial charge in [-0.25, -0.2) is 14.4 Å². The van der Waals surface area contributed by atoms with Gasteiger partial charge >= 0.3 is 23.9 Å². The van der Waals surface area contributed by atoms with Gasteiger partial charge in [-0.05, 0) is 97.2 Å². The van der Waals surface area contributed by atoms with E-state index in [4.69, 9.17) is 32.5 Å². The predicted molar refractivity (Wildman–Crippen MR) is 317 cm³/mol. The Morgan fingerprint density at radius 3 is 1.90 bits per heavy atom. The Kier molecular flexibility index (Phi) is 18.1.